The molecule has 0 saturated heterocycles. The molecule has 0 saturated carbocycles. The molecule has 8 heteroatoms. The highest BCUT2D eigenvalue weighted by Crippen LogP contribution is 2.43. The average molecular weight is 453 g/mol. The van der Waals surface area contributed by atoms with Crippen molar-refractivity contribution in [2.45, 2.75) is 39.1 Å². The Kier molecular flexibility index (Phi) is 6.74. The van der Waals surface area contributed by atoms with Gasteiger partial charge >= 0.3 is 0 Å². The zero-order chi connectivity index (χ0) is 23.4. The van der Waals surface area contributed by atoms with Crippen LogP contribution in [-0.2, 0) is 13.0 Å². The zero-order valence-electron chi connectivity index (χ0n) is 18.5. The number of aromatic hydroxyl groups is 2. The summed E-state index contributed by atoms with van der Waals surface area (Å²) >= 11 is 0. The first-order valence-corrected chi connectivity index (χ1v) is 10.8. The normalized spacial score (nSPS) is 17.1. The van der Waals surface area contributed by atoms with E-state index in [1.165, 1.54) is 12.1 Å². The first-order valence-electron chi connectivity index (χ1n) is 10.8. The molecule has 0 fully saturated rings. The number of ether oxygens (including phenoxy) is 4. The quantitative estimate of drug-likeness (QED) is 0.471. The molecule has 1 aliphatic heterocycles. The fourth-order valence-electron chi connectivity index (χ4n) is 3.74. The number of benzene rings is 2. The maximum atomic E-state index is 10.7. The monoisotopic (exact) mass is 453 g/mol. The molecule has 3 N–H and O–H groups in total. The minimum absolute atomic E-state index is 0.110. The van der Waals surface area contributed by atoms with Crippen LogP contribution < -0.4 is 18.9 Å². The smallest absolute Gasteiger partial charge is 0.162 e. The number of phenolic OH excluding ortho intramolecular Hbond substituents is 2. The number of hydrogen-bond acceptors (Lipinski definition) is 8. The topological polar surface area (TPSA) is 111 Å². The van der Waals surface area contributed by atoms with Crippen molar-refractivity contribution in [3.8, 4) is 34.5 Å². The van der Waals surface area contributed by atoms with Crippen LogP contribution in [0.5, 0.6) is 34.5 Å². The first kappa shape index (κ1) is 22.5. The number of fused-ring (bicyclic) bond motifs is 1. The summed E-state index contributed by atoms with van der Waals surface area (Å²) in [4.78, 5) is 4.35. The maximum Gasteiger partial charge on any atom is 0.162 e. The van der Waals surface area contributed by atoms with Gasteiger partial charge in [0.05, 0.1) is 31.2 Å². The molecule has 174 valence electrons. The number of aliphatic hydroxyl groups excluding tert-OH is 1. The van der Waals surface area contributed by atoms with Crippen molar-refractivity contribution in [3.05, 3.63) is 65.5 Å². The van der Waals surface area contributed by atoms with Gasteiger partial charge in [-0.15, -0.1) is 0 Å². The number of phenols is 2. The Morgan fingerprint density at radius 3 is 2.52 bits per heavy atom. The van der Waals surface area contributed by atoms with Crippen LogP contribution in [0, 0.1) is 0 Å². The van der Waals surface area contributed by atoms with Gasteiger partial charge in [-0.3, -0.25) is 4.98 Å². The Morgan fingerprint density at radius 2 is 1.79 bits per heavy atom. The van der Waals surface area contributed by atoms with Crippen LogP contribution in [0.1, 0.15) is 36.8 Å². The number of aliphatic hydroxyl groups is 1. The molecule has 1 aliphatic rings. The predicted molar refractivity (Wildman–Crippen MR) is 120 cm³/mol. The second kappa shape index (κ2) is 9.87. The minimum Gasteiger partial charge on any atom is -0.508 e. The van der Waals surface area contributed by atoms with E-state index in [-0.39, 0.29) is 24.5 Å². The molecule has 33 heavy (non-hydrogen) atoms. The van der Waals surface area contributed by atoms with E-state index in [1.54, 1.807) is 24.4 Å². The van der Waals surface area contributed by atoms with E-state index in [1.807, 2.05) is 26.0 Å². The van der Waals surface area contributed by atoms with Gasteiger partial charge in [-0.25, -0.2) is 0 Å². The summed E-state index contributed by atoms with van der Waals surface area (Å²) in [5.74, 6) is 1.86. The van der Waals surface area contributed by atoms with Crippen molar-refractivity contribution >= 4 is 0 Å². The highest BCUT2D eigenvalue weighted by atomic mass is 16.5. The molecular weight excluding hydrogens is 426 g/mol. The SMILES string of the molecule is CCOc1ccc(COc2cc(C3Oc4cc(O)cc(O)c4CC3O)ccc2OCC)nc1. The number of hydrogen-bond donors (Lipinski definition) is 3. The van der Waals surface area contributed by atoms with Crippen LogP contribution in [0.3, 0.4) is 0 Å². The van der Waals surface area contributed by atoms with E-state index in [4.69, 9.17) is 18.9 Å². The van der Waals surface area contributed by atoms with Crippen molar-refractivity contribution < 1.29 is 34.3 Å². The van der Waals surface area contributed by atoms with E-state index in [0.29, 0.717) is 47.3 Å². The molecule has 1 aromatic heterocycles. The van der Waals surface area contributed by atoms with Crippen LogP contribution in [0.2, 0.25) is 0 Å². The third-order valence-electron chi connectivity index (χ3n) is 5.27. The summed E-state index contributed by atoms with van der Waals surface area (Å²) in [6, 6.07) is 11.7. The predicted octanol–water partition coefficient (Wildman–Crippen LogP) is 3.91. The highest BCUT2D eigenvalue weighted by molar-refractivity contribution is 5.52. The van der Waals surface area contributed by atoms with Crippen molar-refractivity contribution in [1.82, 2.24) is 4.98 Å². The molecule has 0 radical (unpaired) electrons. The number of pyridine rings is 1. The van der Waals surface area contributed by atoms with Gasteiger partial charge in [0, 0.05) is 24.1 Å². The van der Waals surface area contributed by atoms with E-state index in [2.05, 4.69) is 4.98 Å². The van der Waals surface area contributed by atoms with Gasteiger partial charge in [0.2, 0.25) is 0 Å². The summed E-state index contributed by atoms with van der Waals surface area (Å²) in [7, 11) is 0. The van der Waals surface area contributed by atoms with Gasteiger partial charge in [0.15, 0.2) is 11.5 Å². The van der Waals surface area contributed by atoms with Crippen LogP contribution >= 0.6 is 0 Å². The Hall–Kier alpha value is -3.65. The molecule has 4 rings (SSSR count). The summed E-state index contributed by atoms with van der Waals surface area (Å²) in [6.45, 7) is 5.05. The van der Waals surface area contributed by atoms with Crippen LogP contribution in [0.4, 0.5) is 0 Å². The van der Waals surface area contributed by atoms with E-state index >= 15 is 0 Å². The molecular formula is C25H27NO7. The largest absolute Gasteiger partial charge is 0.508 e. The summed E-state index contributed by atoms with van der Waals surface area (Å²) in [6.07, 6.45) is 0.231. The summed E-state index contributed by atoms with van der Waals surface area (Å²) < 4.78 is 23.1. The molecule has 2 heterocycles. The van der Waals surface area contributed by atoms with Gasteiger partial charge < -0.3 is 34.3 Å². The lowest BCUT2D eigenvalue weighted by Gasteiger charge is -2.31. The van der Waals surface area contributed by atoms with Crippen molar-refractivity contribution in [2.24, 2.45) is 0 Å². The maximum absolute atomic E-state index is 10.7. The molecule has 0 aliphatic carbocycles. The lowest BCUT2D eigenvalue weighted by atomic mass is 9.94. The van der Waals surface area contributed by atoms with Gasteiger partial charge in [-0.2, -0.15) is 0 Å². The Bertz CT molecular complexity index is 1100. The van der Waals surface area contributed by atoms with Gasteiger partial charge in [-0.1, -0.05) is 6.07 Å². The second-order valence-electron chi connectivity index (χ2n) is 7.60. The van der Waals surface area contributed by atoms with Crippen molar-refractivity contribution in [2.75, 3.05) is 13.2 Å². The molecule has 3 aromatic rings. The van der Waals surface area contributed by atoms with Gasteiger partial charge in [-0.05, 0) is 43.7 Å². The van der Waals surface area contributed by atoms with Crippen LogP contribution in [0.15, 0.2) is 48.7 Å². The number of rotatable bonds is 8. The third-order valence-corrected chi connectivity index (χ3v) is 5.27. The third kappa shape index (κ3) is 5.06. The lowest BCUT2D eigenvalue weighted by Crippen LogP contribution is -2.30. The zero-order valence-corrected chi connectivity index (χ0v) is 18.5. The second-order valence-corrected chi connectivity index (χ2v) is 7.60. The van der Waals surface area contributed by atoms with Crippen molar-refractivity contribution in [1.29, 1.82) is 0 Å². The molecule has 2 aromatic carbocycles. The van der Waals surface area contributed by atoms with E-state index < -0.39 is 12.2 Å². The van der Waals surface area contributed by atoms with E-state index in [0.717, 1.165) is 5.69 Å². The molecule has 2 atom stereocenters. The lowest BCUT2D eigenvalue weighted by molar-refractivity contribution is 0.0196. The molecule has 0 spiro atoms. The Balaban J connectivity index is 1.56. The fourth-order valence-corrected chi connectivity index (χ4v) is 3.74. The Morgan fingerprint density at radius 1 is 0.970 bits per heavy atom. The van der Waals surface area contributed by atoms with Gasteiger partial charge in [0.1, 0.15) is 35.7 Å². The first-order chi connectivity index (χ1) is 16.0. The minimum atomic E-state index is -0.897. The number of nitrogens with zero attached hydrogens (tertiary/aromatic N) is 1. The molecule has 0 bridgehead atoms. The van der Waals surface area contributed by atoms with Crippen LogP contribution in [-0.4, -0.2) is 39.6 Å². The summed E-state index contributed by atoms with van der Waals surface area (Å²) in [5.41, 5.74) is 1.86. The standard InChI is InChI=1S/C25H27NO7/c1-3-30-18-7-6-16(26-13-18)14-32-24-9-15(5-8-22(24)31-4-2)25-21(29)12-19-20(28)10-17(27)11-23(19)33-25/h5-11,13,21,25,27-29H,3-4,12,14H2,1-2H3. The van der Waals surface area contributed by atoms with Gasteiger partial charge in [0.25, 0.3) is 0 Å². The fraction of sp³-hybridized carbons (Fsp3) is 0.320. The Labute approximate surface area is 192 Å². The molecule has 0 amide bonds. The highest BCUT2D eigenvalue weighted by Gasteiger charge is 2.32. The summed E-state index contributed by atoms with van der Waals surface area (Å²) in [5, 5.41) is 30.6. The average Bonchev–Trinajstić information content (AvgIpc) is 2.80. The van der Waals surface area contributed by atoms with Crippen LogP contribution in [0.25, 0.3) is 0 Å². The van der Waals surface area contributed by atoms with Crippen molar-refractivity contribution in [3.63, 3.8) is 0 Å². The number of aromatic nitrogens is 1. The molecule has 2 unspecified atom stereocenters. The molecule has 8 nitrogen and oxygen atoms in total. The van der Waals surface area contributed by atoms with E-state index in [9.17, 15) is 15.3 Å².